The molecule has 1 saturated heterocycles. The number of fused-ring (bicyclic) bond motifs is 1. The molecule has 3 rings (SSSR count). The average Bonchev–Trinajstić information content (AvgIpc) is 2.85. The molecule has 1 aromatic rings. The van der Waals surface area contributed by atoms with Gasteiger partial charge in [0.25, 0.3) is 0 Å². The predicted molar refractivity (Wildman–Crippen MR) is 71.8 cm³/mol. The molecule has 3 heterocycles. The monoisotopic (exact) mass is 265 g/mol. The van der Waals surface area contributed by atoms with Crippen molar-refractivity contribution in [2.75, 3.05) is 19.8 Å². The van der Waals surface area contributed by atoms with Crippen molar-refractivity contribution in [2.45, 2.75) is 51.9 Å². The van der Waals surface area contributed by atoms with E-state index in [9.17, 15) is 5.11 Å². The van der Waals surface area contributed by atoms with E-state index in [0.29, 0.717) is 6.04 Å². The van der Waals surface area contributed by atoms with E-state index < -0.39 is 0 Å². The van der Waals surface area contributed by atoms with E-state index in [-0.39, 0.29) is 6.61 Å². The highest BCUT2D eigenvalue weighted by molar-refractivity contribution is 5.28. The molecule has 0 radical (unpaired) electrons. The van der Waals surface area contributed by atoms with Crippen LogP contribution in [0.3, 0.4) is 0 Å². The minimum atomic E-state index is 0.0460. The molecule has 1 N–H and O–H groups in total. The minimum Gasteiger partial charge on any atom is -0.390 e. The molecule has 0 amide bonds. The van der Waals surface area contributed by atoms with Gasteiger partial charge in [0.2, 0.25) is 0 Å². The number of hydrogen-bond acceptors (Lipinski definition) is 4. The van der Waals surface area contributed by atoms with Gasteiger partial charge in [-0.3, -0.25) is 9.58 Å². The van der Waals surface area contributed by atoms with Gasteiger partial charge in [0.1, 0.15) is 0 Å². The molecule has 0 aromatic carbocycles. The smallest absolute Gasteiger partial charge is 0.0926 e. The third-order valence-electron chi connectivity index (χ3n) is 4.35. The lowest BCUT2D eigenvalue weighted by Gasteiger charge is -2.36. The Balaban J connectivity index is 1.80. The highest BCUT2D eigenvalue weighted by Crippen LogP contribution is 2.26. The maximum atomic E-state index is 9.48. The first-order valence-corrected chi connectivity index (χ1v) is 7.33. The fourth-order valence-electron chi connectivity index (χ4n) is 3.29. The number of hydrogen-bond donors (Lipinski definition) is 1. The minimum absolute atomic E-state index is 0.0460. The Morgan fingerprint density at radius 1 is 1.47 bits per heavy atom. The van der Waals surface area contributed by atoms with Gasteiger partial charge in [0, 0.05) is 50.0 Å². The summed E-state index contributed by atoms with van der Waals surface area (Å²) in [5.74, 6) is 0. The number of aryl methyl sites for hydroxylation is 1. The van der Waals surface area contributed by atoms with Gasteiger partial charge in [0.05, 0.1) is 18.9 Å². The topological polar surface area (TPSA) is 50.5 Å². The van der Waals surface area contributed by atoms with Gasteiger partial charge in [-0.1, -0.05) is 0 Å². The number of ether oxygens (including phenoxy) is 1. The molecule has 0 saturated carbocycles. The van der Waals surface area contributed by atoms with Crippen LogP contribution in [0.2, 0.25) is 0 Å². The zero-order valence-electron chi connectivity index (χ0n) is 11.6. The molecule has 1 atom stereocenters. The van der Waals surface area contributed by atoms with E-state index in [4.69, 9.17) is 4.74 Å². The number of aromatic nitrogens is 2. The van der Waals surface area contributed by atoms with E-state index in [2.05, 4.69) is 21.6 Å². The zero-order chi connectivity index (χ0) is 13.2. The van der Waals surface area contributed by atoms with E-state index in [1.807, 2.05) is 0 Å². The quantitative estimate of drug-likeness (QED) is 0.883. The molecular formula is C14H23N3O2. The van der Waals surface area contributed by atoms with Crippen LogP contribution in [0.5, 0.6) is 0 Å². The Morgan fingerprint density at radius 2 is 2.37 bits per heavy atom. The Hall–Kier alpha value is -0.910. The summed E-state index contributed by atoms with van der Waals surface area (Å²) in [7, 11) is 0. The molecule has 19 heavy (non-hydrogen) atoms. The lowest BCUT2D eigenvalue weighted by Crippen LogP contribution is -2.44. The Kier molecular flexibility index (Phi) is 3.86. The summed E-state index contributed by atoms with van der Waals surface area (Å²) < 4.78 is 7.65. The second kappa shape index (κ2) is 5.61. The fourth-order valence-corrected chi connectivity index (χ4v) is 3.29. The van der Waals surface area contributed by atoms with Gasteiger partial charge in [-0.2, -0.15) is 5.10 Å². The molecule has 0 aliphatic carbocycles. The fraction of sp³-hybridized carbons (Fsp3) is 0.786. The van der Waals surface area contributed by atoms with Crippen LogP contribution in [0.25, 0.3) is 0 Å². The third-order valence-corrected chi connectivity index (χ3v) is 4.35. The summed E-state index contributed by atoms with van der Waals surface area (Å²) >= 11 is 0. The first kappa shape index (κ1) is 13.1. The average molecular weight is 265 g/mol. The normalized spacial score (nSPS) is 24.4. The van der Waals surface area contributed by atoms with Gasteiger partial charge >= 0.3 is 0 Å². The lowest BCUT2D eigenvalue weighted by molar-refractivity contribution is 0.0120. The summed E-state index contributed by atoms with van der Waals surface area (Å²) in [5.41, 5.74) is 3.43. The molecule has 5 nitrogen and oxygen atoms in total. The molecule has 2 aliphatic heterocycles. The van der Waals surface area contributed by atoms with Gasteiger partial charge < -0.3 is 9.84 Å². The van der Waals surface area contributed by atoms with Crippen LogP contribution < -0.4 is 0 Å². The molecule has 0 bridgehead atoms. The molecular weight excluding hydrogens is 242 g/mol. The number of nitrogens with zero attached hydrogens (tertiary/aromatic N) is 3. The van der Waals surface area contributed by atoms with Crippen LogP contribution >= 0.6 is 0 Å². The van der Waals surface area contributed by atoms with Crippen LogP contribution in [0.15, 0.2) is 0 Å². The summed E-state index contributed by atoms with van der Waals surface area (Å²) in [6.07, 6.45) is 3.42. The summed E-state index contributed by atoms with van der Waals surface area (Å²) in [6.45, 7) is 6.79. The molecule has 0 unspecified atom stereocenters. The highest BCUT2D eigenvalue weighted by atomic mass is 16.5. The van der Waals surface area contributed by atoms with Gasteiger partial charge in [-0.15, -0.1) is 0 Å². The van der Waals surface area contributed by atoms with Crippen LogP contribution in [0.1, 0.15) is 36.7 Å². The molecule has 106 valence electrons. The Bertz CT molecular complexity index is 438. The van der Waals surface area contributed by atoms with Crippen molar-refractivity contribution < 1.29 is 9.84 Å². The summed E-state index contributed by atoms with van der Waals surface area (Å²) in [4.78, 5) is 2.50. The third kappa shape index (κ3) is 2.42. The van der Waals surface area contributed by atoms with Gasteiger partial charge in [-0.25, -0.2) is 0 Å². The highest BCUT2D eigenvalue weighted by Gasteiger charge is 2.29. The summed E-state index contributed by atoms with van der Waals surface area (Å²) in [5, 5.41) is 14.0. The maximum Gasteiger partial charge on any atom is 0.0926 e. The van der Waals surface area contributed by atoms with Crippen molar-refractivity contribution in [3.8, 4) is 0 Å². The molecule has 5 heteroatoms. The molecule has 2 aliphatic rings. The van der Waals surface area contributed by atoms with Gasteiger partial charge in [-0.05, 0) is 19.8 Å². The first-order chi connectivity index (χ1) is 9.33. The predicted octanol–water partition coefficient (Wildman–Crippen LogP) is 0.932. The molecule has 1 fully saturated rings. The van der Waals surface area contributed by atoms with Crippen LogP contribution in [0, 0.1) is 0 Å². The molecule has 0 spiro atoms. The summed E-state index contributed by atoms with van der Waals surface area (Å²) in [6, 6.07) is 0.540. The van der Waals surface area contributed by atoms with Crippen molar-refractivity contribution in [1.29, 1.82) is 0 Å². The lowest BCUT2D eigenvalue weighted by atomic mass is 10.0. The second-order valence-electron chi connectivity index (χ2n) is 5.44. The van der Waals surface area contributed by atoms with E-state index >= 15 is 0 Å². The van der Waals surface area contributed by atoms with Gasteiger partial charge in [0.15, 0.2) is 0 Å². The first-order valence-electron chi connectivity index (χ1n) is 7.33. The Labute approximate surface area is 114 Å². The number of rotatable bonds is 3. The van der Waals surface area contributed by atoms with E-state index in [1.54, 1.807) is 0 Å². The Morgan fingerprint density at radius 3 is 3.05 bits per heavy atom. The van der Waals surface area contributed by atoms with Crippen molar-refractivity contribution >= 4 is 0 Å². The van der Waals surface area contributed by atoms with Crippen molar-refractivity contribution in [3.63, 3.8) is 0 Å². The second-order valence-corrected chi connectivity index (χ2v) is 5.44. The van der Waals surface area contributed by atoms with Crippen molar-refractivity contribution in [3.05, 3.63) is 17.0 Å². The molecule has 1 aromatic heterocycles. The van der Waals surface area contributed by atoms with Crippen LogP contribution in [0.4, 0.5) is 0 Å². The zero-order valence-corrected chi connectivity index (χ0v) is 11.6. The van der Waals surface area contributed by atoms with Crippen LogP contribution in [-0.2, 0) is 30.9 Å². The maximum absolute atomic E-state index is 9.48. The number of aliphatic hydroxyl groups excluding tert-OH is 1. The SMILES string of the molecule is CCn1nc(CO)c2c1CCN([C@@H]1CCCOC1)C2. The standard InChI is InChI=1S/C14H23N3O2/c1-2-17-14-5-6-16(11-4-3-7-19-10-11)8-12(14)13(9-18)15-17/h11,18H,2-10H2,1H3/t11-/m1/s1. The number of aliphatic hydroxyl groups is 1. The van der Waals surface area contributed by atoms with Crippen molar-refractivity contribution in [2.24, 2.45) is 0 Å². The largest absolute Gasteiger partial charge is 0.390 e. The van der Waals surface area contributed by atoms with Crippen LogP contribution in [-0.4, -0.2) is 45.6 Å². The van der Waals surface area contributed by atoms with Crippen molar-refractivity contribution in [1.82, 2.24) is 14.7 Å². The van der Waals surface area contributed by atoms with E-state index in [0.717, 1.165) is 51.4 Å². The van der Waals surface area contributed by atoms with E-state index in [1.165, 1.54) is 17.7 Å².